The van der Waals surface area contributed by atoms with Gasteiger partial charge in [0.2, 0.25) is 0 Å². The molecule has 0 bridgehead atoms. The highest BCUT2D eigenvalue weighted by atomic mass is 32.2. The summed E-state index contributed by atoms with van der Waals surface area (Å²) in [6.07, 6.45) is 1.91. The van der Waals surface area contributed by atoms with Crippen LogP contribution in [0.4, 0.5) is 11.4 Å². The van der Waals surface area contributed by atoms with Crippen molar-refractivity contribution in [2.75, 3.05) is 18.1 Å². The van der Waals surface area contributed by atoms with E-state index in [2.05, 4.69) is 4.74 Å². The third-order valence-electron chi connectivity index (χ3n) is 3.66. The van der Waals surface area contributed by atoms with Gasteiger partial charge in [0.15, 0.2) is 6.61 Å². The standard InChI is InChI=1S/C20H17NO5S/c1-2-25-19(23)11-12-20(24)26-13-18(22)21-14-7-3-5-9-16(14)27-17-10-6-4-8-15(17)21/h3-12H,2,13H2,1H3/b12-11+. The maximum Gasteiger partial charge on any atom is 0.331 e. The van der Waals surface area contributed by atoms with Gasteiger partial charge in [-0.1, -0.05) is 36.0 Å². The Morgan fingerprint density at radius 3 is 1.96 bits per heavy atom. The quantitative estimate of drug-likeness (QED) is 0.581. The molecule has 2 aromatic rings. The van der Waals surface area contributed by atoms with E-state index in [-0.39, 0.29) is 12.5 Å². The molecule has 0 aromatic heterocycles. The molecule has 7 heteroatoms. The molecule has 27 heavy (non-hydrogen) atoms. The summed E-state index contributed by atoms with van der Waals surface area (Å²) in [5, 5.41) is 0. The summed E-state index contributed by atoms with van der Waals surface area (Å²) in [6.45, 7) is 1.43. The first kappa shape index (κ1) is 18.7. The van der Waals surface area contributed by atoms with Crippen LogP contribution in [0, 0.1) is 0 Å². The van der Waals surface area contributed by atoms with Gasteiger partial charge in [0, 0.05) is 21.9 Å². The lowest BCUT2D eigenvalue weighted by atomic mass is 10.2. The van der Waals surface area contributed by atoms with Gasteiger partial charge >= 0.3 is 11.9 Å². The van der Waals surface area contributed by atoms with E-state index in [0.717, 1.165) is 33.3 Å². The van der Waals surface area contributed by atoms with Crippen molar-refractivity contribution in [2.45, 2.75) is 16.7 Å². The maximum atomic E-state index is 12.8. The number of amides is 1. The lowest BCUT2D eigenvalue weighted by molar-refractivity contribution is -0.143. The van der Waals surface area contributed by atoms with Crippen molar-refractivity contribution in [2.24, 2.45) is 0 Å². The summed E-state index contributed by atoms with van der Waals surface area (Å²) in [7, 11) is 0. The van der Waals surface area contributed by atoms with Crippen LogP contribution >= 0.6 is 11.8 Å². The van der Waals surface area contributed by atoms with Crippen molar-refractivity contribution in [3.63, 3.8) is 0 Å². The van der Waals surface area contributed by atoms with E-state index in [1.165, 1.54) is 0 Å². The molecule has 0 unspecified atom stereocenters. The third kappa shape index (κ3) is 4.38. The Morgan fingerprint density at radius 1 is 0.889 bits per heavy atom. The molecule has 6 nitrogen and oxygen atoms in total. The zero-order valence-electron chi connectivity index (χ0n) is 14.6. The fourth-order valence-corrected chi connectivity index (χ4v) is 3.60. The van der Waals surface area contributed by atoms with Gasteiger partial charge in [0.25, 0.3) is 5.91 Å². The smallest absolute Gasteiger partial charge is 0.331 e. The van der Waals surface area contributed by atoms with E-state index >= 15 is 0 Å². The van der Waals surface area contributed by atoms with Crippen molar-refractivity contribution >= 4 is 41.0 Å². The predicted molar refractivity (Wildman–Crippen MR) is 101 cm³/mol. The number of rotatable bonds is 5. The average Bonchev–Trinajstić information content (AvgIpc) is 2.68. The lowest BCUT2D eigenvalue weighted by Crippen LogP contribution is -2.32. The second-order valence-electron chi connectivity index (χ2n) is 5.46. The largest absolute Gasteiger partial charge is 0.463 e. The van der Waals surface area contributed by atoms with E-state index in [1.54, 1.807) is 23.6 Å². The van der Waals surface area contributed by atoms with Gasteiger partial charge in [-0.05, 0) is 31.2 Å². The Kier molecular flexibility index (Phi) is 5.93. The van der Waals surface area contributed by atoms with Crippen LogP contribution in [0.25, 0.3) is 0 Å². The van der Waals surface area contributed by atoms with Crippen LogP contribution in [0.3, 0.4) is 0 Å². The molecule has 0 atom stereocenters. The van der Waals surface area contributed by atoms with Gasteiger partial charge in [0.05, 0.1) is 18.0 Å². The number of carbonyl (C=O) groups is 3. The summed E-state index contributed by atoms with van der Waals surface area (Å²) in [4.78, 5) is 39.2. The van der Waals surface area contributed by atoms with Crippen LogP contribution in [-0.4, -0.2) is 31.1 Å². The normalized spacial score (nSPS) is 12.3. The average molecular weight is 383 g/mol. The van der Waals surface area contributed by atoms with Crippen molar-refractivity contribution in [1.29, 1.82) is 0 Å². The molecule has 0 N–H and O–H groups in total. The minimum Gasteiger partial charge on any atom is -0.463 e. The number of hydrogen-bond donors (Lipinski definition) is 0. The molecule has 1 heterocycles. The third-order valence-corrected chi connectivity index (χ3v) is 4.79. The van der Waals surface area contributed by atoms with Crippen molar-refractivity contribution < 1.29 is 23.9 Å². The summed E-state index contributed by atoms with van der Waals surface area (Å²) in [5.74, 6) is -1.81. The second kappa shape index (κ2) is 8.55. The van der Waals surface area contributed by atoms with Crippen LogP contribution in [-0.2, 0) is 23.9 Å². The monoisotopic (exact) mass is 383 g/mol. The molecule has 1 aliphatic rings. The zero-order chi connectivity index (χ0) is 19.2. The van der Waals surface area contributed by atoms with Gasteiger partial charge in [-0.15, -0.1) is 0 Å². The summed E-state index contributed by atoms with van der Waals surface area (Å²) < 4.78 is 9.66. The molecule has 0 radical (unpaired) electrons. The number of esters is 2. The van der Waals surface area contributed by atoms with E-state index in [0.29, 0.717) is 0 Å². The van der Waals surface area contributed by atoms with Crippen LogP contribution in [0.15, 0.2) is 70.5 Å². The Morgan fingerprint density at radius 2 is 1.41 bits per heavy atom. The van der Waals surface area contributed by atoms with E-state index in [4.69, 9.17) is 4.74 Å². The fraction of sp³-hybridized carbons (Fsp3) is 0.150. The maximum absolute atomic E-state index is 12.8. The fourth-order valence-electron chi connectivity index (χ4n) is 2.55. The zero-order valence-corrected chi connectivity index (χ0v) is 15.4. The highest BCUT2D eigenvalue weighted by Gasteiger charge is 2.28. The number of fused-ring (bicyclic) bond motifs is 2. The van der Waals surface area contributed by atoms with Crippen LogP contribution in [0.1, 0.15) is 6.92 Å². The number of ether oxygens (including phenoxy) is 2. The second-order valence-corrected chi connectivity index (χ2v) is 6.54. The summed E-state index contributed by atoms with van der Waals surface area (Å²) in [5.41, 5.74) is 1.48. The first-order valence-corrected chi connectivity index (χ1v) is 9.12. The molecule has 2 aromatic carbocycles. The topological polar surface area (TPSA) is 72.9 Å². The minimum absolute atomic E-state index is 0.211. The molecule has 1 amide bonds. The Bertz CT molecular complexity index is 863. The molecule has 1 aliphatic heterocycles. The number of hydrogen-bond acceptors (Lipinski definition) is 6. The summed E-state index contributed by atoms with van der Waals surface area (Å²) >= 11 is 1.58. The first-order valence-electron chi connectivity index (χ1n) is 8.30. The van der Waals surface area contributed by atoms with Gasteiger partial charge in [-0.3, -0.25) is 9.69 Å². The number of para-hydroxylation sites is 2. The molecule has 3 rings (SSSR count). The highest BCUT2D eigenvalue weighted by molar-refractivity contribution is 7.99. The van der Waals surface area contributed by atoms with Gasteiger partial charge in [0.1, 0.15) is 0 Å². The molecular weight excluding hydrogens is 366 g/mol. The Labute approximate surface area is 160 Å². The number of carbonyl (C=O) groups excluding carboxylic acids is 3. The van der Waals surface area contributed by atoms with Crippen LogP contribution in [0.5, 0.6) is 0 Å². The van der Waals surface area contributed by atoms with Crippen molar-refractivity contribution in [3.05, 3.63) is 60.7 Å². The van der Waals surface area contributed by atoms with E-state index < -0.39 is 18.5 Å². The predicted octanol–water partition coefficient (Wildman–Crippen LogP) is 3.48. The number of nitrogens with zero attached hydrogens (tertiary/aromatic N) is 1. The summed E-state index contributed by atoms with van der Waals surface area (Å²) in [6, 6.07) is 15.1. The molecule has 0 saturated heterocycles. The molecule has 0 aliphatic carbocycles. The number of anilines is 2. The first-order chi connectivity index (χ1) is 13.1. The van der Waals surface area contributed by atoms with Gasteiger partial charge < -0.3 is 9.47 Å². The number of benzene rings is 2. The van der Waals surface area contributed by atoms with Crippen LogP contribution in [0.2, 0.25) is 0 Å². The van der Waals surface area contributed by atoms with Crippen molar-refractivity contribution in [3.8, 4) is 0 Å². The van der Waals surface area contributed by atoms with Crippen LogP contribution < -0.4 is 4.90 Å². The molecule has 138 valence electrons. The molecule has 0 spiro atoms. The Hall–Kier alpha value is -3.06. The van der Waals surface area contributed by atoms with Gasteiger partial charge in [-0.2, -0.15) is 0 Å². The van der Waals surface area contributed by atoms with Crippen molar-refractivity contribution in [1.82, 2.24) is 0 Å². The highest BCUT2D eigenvalue weighted by Crippen LogP contribution is 2.47. The SMILES string of the molecule is CCOC(=O)/C=C/C(=O)OCC(=O)N1c2ccccc2Sc2ccccc21. The minimum atomic E-state index is -0.788. The lowest BCUT2D eigenvalue weighted by Gasteiger charge is -2.30. The van der Waals surface area contributed by atoms with E-state index in [1.807, 2.05) is 48.5 Å². The molecule has 0 fully saturated rings. The van der Waals surface area contributed by atoms with E-state index in [9.17, 15) is 14.4 Å². The van der Waals surface area contributed by atoms with Gasteiger partial charge in [-0.25, -0.2) is 9.59 Å². The molecule has 0 saturated carbocycles. The Balaban J connectivity index is 1.73. The molecular formula is C20H17NO5S.